The number of carbonyl (C=O) groups excluding carboxylic acids is 2. The molecule has 0 spiro atoms. The summed E-state index contributed by atoms with van der Waals surface area (Å²) in [5.74, 6) is -1.88. The summed E-state index contributed by atoms with van der Waals surface area (Å²) in [6, 6.07) is 15.8. The van der Waals surface area contributed by atoms with Gasteiger partial charge >= 0.3 is 5.97 Å². The topological polar surface area (TPSA) is 124 Å². The number of anilines is 1. The molecule has 0 radical (unpaired) electrons. The number of aliphatic carboxylic acids is 1. The van der Waals surface area contributed by atoms with Crippen molar-refractivity contribution in [2.45, 2.75) is 12.5 Å². The SMILES string of the molecule is O=C(N[C@H](Cc1c[nH]c2ccccc12)C(=O)O)c1ccc(NC(=O)c2ccco2)cc1. The average molecular weight is 417 g/mol. The second-order valence-corrected chi connectivity index (χ2v) is 6.94. The summed E-state index contributed by atoms with van der Waals surface area (Å²) >= 11 is 0. The molecule has 2 heterocycles. The summed E-state index contributed by atoms with van der Waals surface area (Å²) < 4.78 is 5.03. The highest BCUT2D eigenvalue weighted by molar-refractivity contribution is 6.03. The molecule has 0 saturated heterocycles. The van der Waals surface area contributed by atoms with Gasteiger partial charge in [0.15, 0.2) is 5.76 Å². The minimum atomic E-state index is -1.12. The van der Waals surface area contributed by atoms with Crippen LogP contribution < -0.4 is 10.6 Å². The first kappa shape index (κ1) is 20.0. The van der Waals surface area contributed by atoms with Crippen molar-refractivity contribution in [3.8, 4) is 0 Å². The molecule has 156 valence electrons. The van der Waals surface area contributed by atoms with Crippen molar-refractivity contribution >= 4 is 34.4 Å². The van der Waals surface area contributed by atoms with Gasteiger partial charge in [-0.2, -0.15) is 0 Å². The van der Waals surface area contributed by atoms with Crippen LogP contribution in [0.5, 0.6) is 0 Å². The Kier molecular flexibility index (Phi) is 5.53. The maximum absolute atomic E-state index is 12.6. The van der Waals surface area contributed by atoms with E-state index < -0.39 is 23.8 Å². The number of rotatable bonds is 7. The average Bonchev–Trinajstić information content (AvgIpc) is 3.44. The standard InChI is InChI=1S/C23H19N3O5/c27-21(14-7-9-16(10-8-14)25-22(28)20-6-3-11-31-20)26-19(23(29)30)12-15-13-24-18-5-2-1-4-17(15)18/h1-11,13,19,24H,12H2,(H,25,28)(H,26,27)(H,29,30)/t19-/m1/s1. The Morgan fingerprint density at radius 2 is 1.74 bits per heavy atom. The van der Waals surface area contributed by atoms with E-state index in [0.717, 1.165) is 16.5 Å². The zero-order valence-electron chi connectivity index (χ0n) is 16.3. The number of aromatic amines is 1. The van der Waals surface area contributed by atoms with Crippen LogP contribution in [0.1, 0.15) is 26.5 Å². The van der Waals surface area contributed by atoms with Crippen LogP contribution in [0.4, 0.5) is 5.69 Å². The van der Waals surface area contributed by atoms with Gasteiger partial charge in [-0.15, -0.1) is 0 Å². The van der Waals surface area contributed by atoms with Crippen LogP contribution in [-0.4, -0.2) is 33.9 Å². The third-order valence-corrected chi connectivity index (χ3v) is 4.85. The number of carboxylic acids is 1. The van der Waals surface area contributed by atoms with Gasteiger partial charge in [-0.1, -0.05) is 18.2 Å². The molecule has 31 heavy (non-hydrogen) atoms. The molecule has 4 rings (SSSR count). The molecule has 0 bridgehead atoms. The lowest BCUT2D eigenvalue weighted by atomic mass is 10.0. The summed E-state index contributed by atoms with van der Waals surface area (Å²) in [5.41, 5.74) is 2.46. The van der Waals surface area contributed by atoms with E-state index in [2.05, 4.69) is 15.6 Å². The lowest BCUT2D eigenvalue weighted by molar-refractivity contribution is -0.139. The van der Waals surface area contributed by atoms with E-state index in [1.807, 2.05) is 24.3 Å². The number of furan rings is 1. The van der Waals surface area contributed by atoms with Gasteiger partial charge in [-0.3, -0.25) is 9.59 Å². The molecule has 4 aromatic rings. The summed E-state index contributed by atoms with van der Waals surface area (Å²) in [7, 11) is 0. The number of fused-ring (bicyclic) bond motifs is 1. The zero-order chi connectivity index (χ0) is 21.8. The van der Waals surface area contributed by atoms with Crippen LogP contribution in [-0.2, 0) is 11.2 Å². The smallest absolute Gasteiger partial charge is 0.326 e. The van der Waals surface area contributed by atoms with Crippen molar-refractivity contribution < 1.29 is 23.9 Å². The van der Waals surface area contributed by atoms with E-state index in [0.29, 0.717) is 5.69 Å². The van der Waals surface area contributed by atoms with E-state index in [4.69, 9.17) is 4.42 Å². The molecule has 2 aromatic heterocycles. The van der Waals surface area contributed by atoms with E-state index in [1.165, 1.54) is 24.5 Å². The highest BCUT2D eigenvalue weighted by atomic mass is 16.4. The third-order valence-electron chi connectivity index (χ3n) is 4.85. The van der Waals surface area contributed by atoms with Crippen LogP contribution in [0.2, 0.25) is 0 Å². The second kappa shape index (κ2) is 8.58. The Labute approximate surface area is 176 Å². The zero-order valence-corrected chi connectivity index (χ0v) is 16.3. The first-order chi connectivity index (χ1) is 15.0. The first-order valence-electron chi connectivity index (χ1n) is 9.55. The van der Waals surface area contributed by atoms with Gasteiger partial charge in [0.25, 0.3) is 11.8 Å². The van der Waals surface area contributed by atoms with E-state index in [1.54, 1.807) is 24.4 Å². The predicted octanol–water partition coefficient (Wildman–Crippen LogP) is 3.44. The van der Waals surface area contributed by atoms with Gasteiger partial charge < -0.3 is 25.1 Å². The van der Waals surface area contributed by atoms with E-state index in [-0.39, 0.29) is 17.7 Å². The van der Waals surface area contributed by atoms with Gasteiger partial charge in [0.05, 0.1) is 6.26 Å². The summed E-state index contributed by atoms with van der Waals surface area (Å²) in [5, 5.41) is 15.7. The quantitative estimate of drug-likeness (QED) is 0.367. The van der Waals surface area contributed by atoms with Crippen LogP contribution >= 0.6 is 0 Å². The Bertz CT molecular complexity index is 1230. The molecule has 4 N–H and O–H groups in total. The maximum Gasteiger partial charge on any atom is 0.326 e. The number of hydrogen-bond donors (Lipinski definition) is 4. The fourth-order valence-electron chi connectivity index (χ4n) is 3.27. The van der Waals surface area contributed by atoms with Gasteiger partial charge in [0.1, 0.15) is 6.04 Å². The molecule has 0 fully saturated rings. The first-order valence-corrected chi connectivity index (χ1v) is 9.55. The summed E-state index contributed by atoms with van der Waals surface area (Å²) in [6.07, 6.45) is 3.29. The normalized spacial score (nSPS) is 11.7. The summed E-state index contributed by atoms with van der Waals surface area (Å²) in [4.78, 5) is 39.4. The van der Waals surface area contributed by atoms with Gasteiger partial charge in [-0.05, 0) is 48.0 Å². The Balaban J connectivity index is 1.43. The highest BCUT2D eigenvalue weighted by Crippen LogP contribution is 2.19. The van der Waals surface area contributed by atoms with Crippen molar-refractivity contribution in [1.82, 2.24) is 10.3 Å². The Morgan fingerprint density at radius 1 is 0.968 bits per heavy atom. The minimum Gasteiger partial charge on any atom is -0.480 e. The maximum atomic E-state index is 12.6. The fourth-order valence-corrected chi connectivity index (χ4v) is 3.27. The molecule has 2 amide bonds. The lowest BCUT2D eigenvalue weighted by Crippen LogP contribution is -2.42. The molecule has 0 aliphatic rings. The lowest BCUT2D eigenvalue weighted by Gasteiger charge is -2.14. The Hall–Kier alpha value is -4.33. The van der Waals surface area contributed by atoms with Gasteiger partial charge in [-0.25, -0.2) is 4.79 Å². The van der Waals surface area contributed by atoms with Crippen LogP contribution in [0.25, 0.3) is 10.9 Å². The molecule has 2 aromatic carbocycles. The number of amides is 2. The molecule has 8 nitrogen and oxygen atoms in total. The number of benzene rings is 2. The van der Waals surface area contributed by atoms with Crippen molar-refractivity contribution in [2.24, 2.45) is 0 Å². The van der Waals surface area contributed by atoms with Crippen molar-refractivity contribution in [3.63, 3.8) is 0 Å². The Morgan fingerprint density at radius 3 is 2.45 bits per heavy atom. The third kappa shape index (κ3) is 4.48. The number of aromatic nitrogens is 1. The number of hydrogen-bond acceptors (Lipinski definition) is 4. The monoisotopic (exact) mass is 417 g/mol. The molecule has 1 atom stereocenters. The molecular weight excluding hydrogens is 398 g/mol. The molecular formula is C23H19N3O5. The highest BCUT2D eigenvalue weighted by Gasteiger charge is 2.22. The molecule has 0 aliphatic heterocycles. The predicted molar refractivity (Wildman–Crippen MR) is 114 cm³/mol. The van der Waals surface area contributed by atoms with E-state index in [9.17, 15) is 19.5 Å². The number of nitrogens with one attached hydrogen (secondary N) is 3. The van der Waals surface area contributed by atoms with Gasteiger partial charge in [0.2, 0.25) is 0 Å². The van der Waals surface area contributed by atoms with Crippen molar-refractivity contribution in [3.05, 3.63) is 90.0 Å². The summed E-state index contributed by atoms with van der Waals surface area (Å²) in [6.45, 7) is 0. The van der Waals surface area contributed by atoms with Crippen LogP contribution in [0.3, 0.4) is 0 Å². The number of H-pyrrole nitrogens is 1. The number of para-hydroxylation sites is 1. The molecule has 0 saturated carbocycles. The van der Waals surface area contributed by atoms with Crippen LogP contribution in [0.15, 0.2) is 77.5 Å². The van der Waals surface area contributed by atoms with Crippen LogP contribution in [0, 0.1) is 0 Å². The molecule has 8 heteroatoms. The van der Waals surface area contributed by atoms with Crippen molar-refractivity contribution in [2.75, 3.05) is 5.32 Å². The number of carbonyl (C=O) groups is 3. The van der Waals surface area contributed by atoms with Crippen molar-refractivity contribution in [1.29, 1.82) is 0 Å². The number of carboxylic acid groups (broad SMARTS) is 1. The molecule has 0 aliphatic carbocycles. The molecule has 0 unspecified atom stereocenters. The van der Waals surface area contributed by atoms with E-state index >= 15 is 0 Å². The largest absolute Gasteiger partial charge is 0.480 e. The fraction of sp³-hybridized carbons (Fsp3) is 0.0870. The van der Waals surface area contributed by atoms with Gasteiger partial charge in [0, 0.05) is 34.8 Å². The minimum absolute atomic E-state index is 0.141. The second-order valence-electron chi connectivity index (χ2n) is 6.94.